The maximum Gasteiger partial charge on any atom is 0.242 e. The van der Waals surface area contributed by atoms with Gasteiger partial charge in [-0.2, -0.15) is 0 Å². The maximum atomic E-state index is 12.2. The van der Waals surface area contributed by atoms with Crippen molar-refractivity contribution in [2.24, 2.45) is 0 Å². The van der Waals surface area contributed by atoms with Crippen molar-refractivity contribution >= 4 is 28.9 Å². The Morgan fingerprint density at radius 2 is 2.16 bits per heavy atom. The molecule has 0 unspecified atom stereocenters. The smallest absolute Gasteiger partial charge is 0.242 e. The molecule has 1 aliphatic carbocycles. The molecule has 19 heavy (non-hydrogen) atoms. The summed E-state index contributed by atoms with van der Waals surface area (Å²) in [5.74, 6) is 0.145. The number of likely N-dealkylation sites (N-methyl/N-ethyl adjacent to an activating group) is 2. The number of carbonyl (C=O) groups is 1. The van der Waals surface area contributed by atoms with Gasteiger partial charge in [0, 0.05) is 24.7 Å². The predicted octanol–water partition coefficient (Wildman–Crippen LogP) is 2.37. The SMILES string of the molecule is CCN(C(=O)CN(C)c1cc(Cl)ccc1N)C1CC1. The van der Waals surface area contributed by atoms with E-state index in [0.717, 1.165) is 25.1 Å². The van der Waals surface area contributed by atoms with Crippen molar-refractivity contribution in [1.82, 2.24) is 4.90 Å². The van der Waals surface area contributed by atoms with E-state index in [4.69, 9.17) is 17.3 Å². The molecule has 1 aromatic carbocycles. The third-order valence-electron chi connectivity index (χ3n) is 3.42. The zero-order chi connectivity index (χ0) is 14.0. The van der Waals surface area contributed by atoms with Gasteiger partial charge in [-0.1, -0.05) is 11.6 Å². The van der Waals surface area contributed by atoms with Crippen LogP contribution >= 0.6 is 11.6 Å². The van der Waals surface area contributed by atoms with Crippen LogP contribution in [0.4, 0.5) is 11.4 Å². The number of nitrogens with two attached hydrogens (primary N) is 1. The summed E-state index contributed by atoms with van der Waals surface area (Å²) in [5.41, 5.74) is 7.35. The number of nitrogen functional groups attached to an aromatic ring is 1. The van der Waals surface area contributed by atoms with Gasteiger partial charge in [0.2, 0.25) is 5.91 Å². The fourth-order valence-corrected chi connectivity index (χ4v) is 2.42. The summed E-state index contributed by atoms with van der Waals surface area (Å²) in [6.45, 7) is 3.11. The molecule has 1 aromatic rings. The van der Waals surface area contributed by atoms with Crippen molar-refractivity contribution < 1.29 is 4.79 Å². The zero-order valence-corrected chi connectivity index (χ0v) is 12.2. The molecule has 2 N–H and O–H groups in total. The Morgan fingerprint density at radius 3 is 2.74 bits per heavy atom. The van der Waals surface area contributed by atoms with E-state index < -0.39 is 0 Å². The van der Waals surface area contributed by atoms with Gasteiger partial charge in [0.1, 0.15) is 0 Å². The number of rotatable bonds is 5. The van der Waals surface area contributed by atoms with Crippen LogP contribution in [-0.4, -0.2) is 37.0 Å². The highest BCUT2D eigenvalue weighted by atomic mass is 35.5. The van der Waals surface area contributed by atoms with Gasteiger partial charge in [-0.15, -0.1) is 0 Å². The summed E-state index contributed by atoms with van der Waals surface area (Å²) in [6.07, 6.45) is 2.26. The highest BCUT2D eigenvalue weighted by molar-refractivity contribution is 6.31. The van der Waals surface area contributed by atoms with Crippen molar-refractivity contribution in [3.63, 3.8) is 0 Å². The van der Waals surface area contributed by atoms with E-state index >= 15 is 0 Å². The first-order valence-corrected chi connectivity index (χ1v) is 6.96. The van der Waals surface area contributed by atoms with Crippen molar-refractivity contribution in [3.8, 4) is 0 Å². The molecular weight excluding hydrogens is 262 g/mol. The van der Waals surface area contributed by atoms with E-state index in [2.05, 4.69) is 0 Å². The van der Waals surface area contributed by atoms with Gasteiger partial charge >= 0.3 is 0 Å². The van der Waals surface area contributed by atoms with E-state index in [9.17, 15) is 4.79 Å². The first-order valence-electron chi connectivity index (χ1n) is 6.58. The number of carbonyl (C=O) groups excluding carboxylic acids is 1. The molecular formula is C14H20ClN3O. The average molecular weight is 282 g/mol. The van der Waals surface area contributed by atoms with Crippen LogP contribution in [0, 0.1) is 0 Å². The Morgan fingerprint density at radius 1 is 1.47 bits per heavy atom. The van der Waals surface area contributed by atoms with Crippen LogP contribution in [-0.2, 0) is 4.79 Å². The summed E-state index contributed by atoms with van der Waals surface area (Å²) >= 11 is 5.97. The summed E-state index contributed by atoms with van der Waals surface area (Å²) in [6, 6.07) is 5.75. The minimum absolute atomic E-state index is 0.145. The molecule has 1 amide bonds. The Labute approximate surface area is 119 Å². The number of hydrogen-bond acceptors (Lipinski definition) is 3. The van der Waals surface area contributed by atoms with Crippen molar-refractivity contribution in [2.45, 2.75) is 25.8 Å². The van der Waals surface area contributed by atoms with Crippen LogP contribution in [0.5, 0.6) is 0 Å². The normalized spacial score (nSPS) is 14.3. The van der Waals surface area contributed by atoms with Crippen LogP contribution in [0.2, 0.25) is 5.02 Å². The Balaban J connectivity index is 2.05. The van der Waals surface area contributed by atoms with Crippen molar-refractivity contribution in [3.05, 3.63) is 23.2 Å². The fourth-order valence-electron chi connectivity index (χ4n) is 2.25. The largest absolute Gasteiger partial charge is 0.397 e. The van der Waals surface area contributed by atoms with Gasteiger partial charge in [0.25, 0.3) is 0 Å². The summed E-state index contributed by atoms with van der Waals surface area (Å²) in [4.78, 5) is 16.0. The Hall–Kier alpha value is -1.42. The second-order valence-corrected chi connectivity index (χ2v) is 5.41. The third kappa shape index (κ3) is 3.32. The van der Waals surface area contributed by atoms with Crippen LogP contribution in [0.25, 0.3) is 0 Å². The van der Waals surface area contributed by atoms with Crippen molar-refractivity contribution in [2.75, 3.05) is 30.8 Å². The number of anilines is 2. The molecule has 0 bridgehead atoms. The van der Waals surface area contributed by atoms with Gasteiger partial charge in [-0.25, -0.2) is 0 Å². The second-order valence-electron chi connectivity index (χ2n) is 4.97. The van der Waals surface area contributed by atoms with Gasteiger partial charge in [0.05, 0.1) is 17.9 Å². The molecule has 0 heterocycles. The summed E-state index contributed by atoms with van der Waals surface area (Å²) < 4.78 is 0. The minimum atomic E-state index is 0.145. The lowest BCUT2D eigenvalue weighted by Crippen LogP contribution is -2.40. The van der Waals surface area contributed by atoms with E-state index in [-0.39, 0.29) is 5.91 Å². The monoisotopic (exact) mass is 281 g/mol. The molecule has 0 saturated heterocycles. The van der Waals surface area contributed by atoms with E-state index in [1.807, 2.05) is 23.8 Å². The second kappa shape index (κ2) is 5.70. The lowest BCUT2D eigenvalue weighted by atomic mass is 10.2. The van der Waals surface area contributed by atoms with Crippen molar-refractivity contribution in [1.29, 1.82) is 0 Å². The van der Waals surface area contributed by atoms with Crippen LogP contribution in [0.15, 0.2) is 18.2 Å². The van der Waals surface area contributed by atoms with Gasteiger partial charge in [-0.05, 0) is 38.0 Å². The first-order chi connectivity index (χ1) is 9.02. The van der Waals surface area contributed by atoms with E-state index in [1.165, 1.54) is 0 Å². The lowest BCUT2D eigenvalue weighted by molar-refractivity contribution is -0.130. The first kappa shape index (κ1) is 14.0. The Bertz CT molecular complexity index is 474. The molecule has 0 radical (unpaired) electrons. The molecule has 104 valence electrons. The molecule has 0 aromatic heterocycles. The standard InChI is InChI=1S/C14H20ClN3O/c1-3-18(11-5-6-11)14(19)9-17(2)13-8-10(15)4-7-12(13)16/h4,7-8,11H,3,5-6,9,16H2,1-2H3. The number of halogens is 1. The lowest BCUT2D eigenvalue weighted by Gasteiger charge is -2.26. The topological polar surface area (TPSA) is 49.6 Å². The molecule has 2 rings (SSSR count). The van der Waals surface area contributed by atoms with Crippen LogP contribution < -0.4 is 10.6 Å². The highest BCUT2D eigenvalue weighted by Gasteiger charge is 2.31. The fraction of sp³-hybridized carbons (Fsp3) is 0.500. The minimum Gasteiger partial charge on any atom is -0.397 e. The van der Waals surface area contributed by atoms with Crippen LogP contribution in [0.1, 0.15) is 19.8 Å². The molecule has 0 atom stereocenters. The quantitative estimate of drug-likeness (QED) is 0.843. The molecule has 1 fully saturated rings. The number of amides is 1. The molecule has 0 aliphatic heterocycles. The third-order valence-corrected chi connectivity index (χ3v) is 3.66. The zero-order valence-electron chi connectivity index (χ0n) is 11.4. The number of benzene rings is 1. The highest BCUT2D eigenvalue weighted by Crippen LogP contribution is 2.28. The molecule has 5 heteroatoms. The molecule has 0 spiro atoms. The Kier molecular flexibility index (Phi) is 4.20. The average Bonchev–Trinajstić information content (AvgIpc) is 3.17. The van der Waals surface area contributed by atoms with Crippen LogP contribution in [0.3, 0.4) is 0 Å². The van der Waals surface area contributed by atoms with Gasteiger partial charge in [-0.3, -0.25) is 4.79 Å². The summed E-state index contributed by atoms with van der Waals surface area (Å²) in [5, 5.41) is 0.623. The van der Waals surface area contributed by atoms with Gasteiger partial charge in [0.15, 0.2) is 0 Å². The molecule has 4 nitrogen and oxygen atoms in total. The summed E-state index contributed by atoms with van der Waals surface area (Å²) in [7, 11) is 1.86. The van der Waals surface area contributed by atoms with E-state index in [0.29, 0.717) is 23.3 Å². The van der Waals surface area contributed by atoms with Gasteiger partial charge < -0.3 is 15.5 Å². The molecule has 1 saturated carbocycles. The number of nitrogens with zero attached hydrogens (tertiary/aromatic N) is 2. The molecule has 1 aliphatic rings. The predicted molar refractivity (Wildman–Crippen MR) is 79.5 cm³/mol. The van der Waals surface area contributed by atoms with E-state index in [1.54, 1.807) is 18.2 Å². The number of hydrogen-bond donors (Lipinski definition) is 1. The maximum absolute atomic E-state index is 12.2.